The summed E-state index contributed by atoms with van der Waals surface area (Å²) in [4.78, 5) is 11.0. The Morgan fingerprint density at radius 1 is 1.31 bits per heavy atom. The van der Waals surface area contributed by atoms with Gasteiger partial charge >= 0.3 is 0 Å². The van der Waals surface area contributed by atoms with E-state index in [1.165, 1.54) is 19.3 Å². The topological polar surface area (TPSA) is 81.1 Å². The maximum absolute atomic E-state index is 11.0. The Bertz CT molecular complexity index is 159. The molecule has 0 aromatic carbocycles. The summed E-state index contributed by atoms with van der Waals surface area (Å²) in [7, 11) is 0. The lowest BCUT2D eigenvalue weighted by Gasteiger charge is -2.25. The number of amides is 1. The van der Waals surface area contributed by atoms with Gasteiger partial charge in [-0.1, -0.05) is 19.3 Å². The molecule has 0 aliphatic heterocycles. The molecular weight excluding hydrogens is 190 g/mol. The fraction of sp³-hybridized carbons (Fsp3) is 0.875. The lowest BCUT2D eigenvalue weighted by molar-refractivity contribution is -0.123. The van der Waals surface area contributed by atoms with Gasteiger partial charge in [0.05, 0.1) is 6.04 Å². The second-order valence-electron chi connectivity index (χ2n) is 3.43. The lowest BCUT2D eigenvalue weighted by Crippen LogP contribution is -2.48. The molecule has 1 unspecified atom stereocenters. The quantitative estimate of drug-likeness (QED) is 0.346. The fourth-order valence-electron chi connectivity index (χ4n) is 1.80. The number of nitrogens with two attached hydrogens (primary N) is 2. The van der Waals surface area contributed by atoms with Crippen molar-refractivity contribution in [1.29, 1.82) is 0 Å². The summed E-state index contributed by atoms with van der Waals surface area (Å²) in [6.45, 7) is 0. The van der Waals surface area contributed by atoms with Crippen LogP contribution in [0.2, 0.25) is 0 Å². The van der Waals surface area contributed by atoms with Crippen LogP contribution in [0, 0.1) is 5.92 Å². The van der Waals surface area contributed by atoms with Gasteiger partial charge < -0.3 is 5.73 Å². The third kappa shape index (κ3) is 3.50. The molecule has 4 nitrogen and oxygen atoms in total. The molecule has 5 heteroatoms. The molecule has 1 aliphatic rings. The molecule has 0 saturated heterocycles. The van der Waals surface area contributed by atoms with Crippen molar-refractivity contribution in [3.05, 3.63) is 0 Å². The summed E-state index contributed by atoms with van der Waals surface area (Å²) in [5.41, 5.74) is 7.81. The third-order valence-electron chi connectivity index (χ3n) is 2.60. The zero-order valence-electron chi connectivity index (χ0n) is 7.66. The Morgan fingerprint density at radius 2 is 1.85 bits per heavy atom. The van der Waals surface area contributed by atoms with E-state index in [1.807, 2.05) is 0 Å². The van der Waals surface area contributed by atoms with Gasteiger partial charge in [-0.25, -0.2) is 5.84 Å². The summed E-state index contributed by atoms with van der Waals surface area (Å²) in [6, 6.07) is -0.407. The van der Waals surface area contributed by atoms with Gasteiger partial charge in [-0.2, -0.15) is 0 Å². The first kappa shape index (κ1) is 12.7. The van der Waals surface area contributed by atoms with Gasteiger partial charge in [0.15, 0.2) is 0 Å². The van der Waals surface area contributed by atoms with Crippen LogP contribution in [0.4, 0.5) is 0 Å². The fourth-order valence-corrected chi connectivity index (χ4v) is 1.80. The van der Waals surface area contributed by atoms with Gasteiger partial charge in [0.1, 0.15) is 0 Å². The van der Waals surface area contributed by atoms with E-state index in [1.54, 1.807) is 0 Å². The summed E-state index contributed by atoms with van der Waals surface area (Å²) < 4.78 is 0. The van der Waals surface area contributed by atoms with E-state index in [0.29, 0.717) is 5.92 Å². The van der Waals surface area contributed by atoms with E-state index in [-0.39, 0.29) is 18.3 Å². The van der Waals surface area contributed by atoms with Crippen LogP contribution in [0.3, 0.4) is 0 Å². The van der Waals surface area contributed by atoms with Crippen molar-refractivity contribution in [2.45, 2.75) is 38.1 Å². The molecule has 1 fully saturated rings. The largest absolute Gasteiger partial charge is 0.320 e. The molecule has 0 bridgehead atoms. The monoisotopic (exact) mass is 207 g/mol. The summed E-state index contributed by atoms with van der Waals surface area (Å²) in [5.74, 6) is 5.10. The Hall–Kier alpha value is -0.320. The normalized spacial score (nSPS) is 20.2. The van der Waals surface area contributed by atoms with Gasteiger partial charge in [-0.05, 0) is 18.8 Å². The molecule has 78 valence electrons. The summed E-state index contributed by atoms with van der Waals surface area (Å²) in [6.07, 6.45) is 5.78. The summed E-state index contributed by atoms with van der Waals surface area (Å²) >= 11 is 0. The van der Waals surface area contributed by atoms with E-state index in [2.05, 4.69) is 5.43 Å². The van der Waals surface area contributed by atoms with Crippen LogP contribution in [0.5, 0.6) is 0 Å². The van der Waals surface area contributed by atoms with Crippen LogP contribution in [-0.2, 0) is 4.79 Å². The second-order valence-corrected chi connectivity index (χ2v) is 3.43. The highest BCUT2D eigenvalue weighted by molar-refractivity contribution is 5.85. The van der Waals surface area contributed by atoms with Crippen molar-refractivity contribution >= 4 is 18.3 Å². The van der Waals surface area contributed by atoms with E-state index in [4.69, 9.17) is 11.6 Å². The number of carbonyl (C=O) groups excluding carboxylic acids is 1. The zero-order chi connectivity index (χ0) is 8.97. The zero-order valence-corrected chi connectivity index (χ0v) is 8.48. The van der Waals surface area contributed by atoms with Gasteiger partial charge in [0.2, 0.25) is 0 Å². The molecule has 0 radical (unpaired) electrons. The number of halogens is 1. The van der Waals surface area contributed by atoms with Crippen molar-refractivity contribution < 1.29 is 4.79 Å². The predicted octanol–water partition coefficient (Wildman–Crippen LogP) is 0.306. The number of nitrogens with one attached hydrogen (secondary N) is 1. The predicted molar refractivity (Wildman–Crippen MR) is 54.1 cm³/mol. The first-order valence-electron chi connectivity index (χ1n) is 4.51. The molecule has 1 aliphatic carbocycles. The maximum atomic E-state index is 11.0. The SMILES string of the molecule is Cl.NNC(=O)C(N)C1CCCCC1. The molecule has 13 heavy (non-hydrogen) atoms. The van der Waals surface area contributed by atoms with Crippen LogP contribution in [0.15, 0.2) is 0 Å². The average Bonchev–Trinajstić information content (AvgIpc) is 2.17. The number of hydrogen-bond donors (Lipinski definition) is 3. The molecule has 0 aromatic rings. The standard InChI is InChI=1S/C8H17N3O.ClH/c9-7(8(12)11-10)6-4-2-1-3-5-6;/h6-7H,1-5,9-10H2,(H,11,12);1H. The van der Waals surface area contributed by atoms with Crippen LogP contribution >= 0.6 is 12.4 Å². The van der Waals surface area contributed by atoms with E-state index < -0.39 is 6.04 Å². The van der Waals surface area contributed by atoms with E-state index in [9.17, 15) is 4.79 Å². The molecule has 1 saturated carbocycles. The van der Waals surface area contributed by atoms with Gasteiger partial charge in [-0.15, -0.1) is 12.4 Å². The Labute approximate surface area is 84.8 Å². The lowest BCUT2D eigenvalue weighted by atomic mass is 9.84. The number of rotatable bonds is 2. The number of hydrazine groups is 1. The minimum absolute atomic E-state index is 0. The van der Waals surface area contributed by atoms with Gasteiger partial charge in [0, 0.05) is 0 Å². The molecule has 1 atom stereocenters. The summed E-state index contributed by atoms with van der Waals surface area (Å²) in [5, 5.41) is 0. The molecule has 0 spiro atoms. The Kier molecular flexibility index (Phi) is 6.03. The Morgan fingerprint density at radius 3 is 2.31 bits per heavy atom. The van der Waals surface area contributed by atoms with Gasteiger partial charge in [-0.3, -0.25) is 10.2 Å². The van der Waals surface area contributed by atoms with Crippen molar-refractivity contribution in [3.63, 3.8) is 0 Å². The average molecular weight is 208 g/mol. The van der Waals surface area contributed by atoms with Crippen molar-refractivity contribution in [1.82, 2.24) is 5.43 Å². The second kappa shape index (κ2) is 6.18. The van der Waals surface area contributed by atoms with Crippen molar-refractivity contribution in [2.24, 2.45) is 17.5 Å². The number of hydrogen-bond acceptors (Lipinski definition) is 3. The molecule has 0 aromatic heterocycles. The van der Waals surface area contributed by atoms with Crippen LogP contribution < -0.4 is 17.0 Å². The minimum Gasteiger partial charge on any atom is -0.320 e. The first-order valence-corrected chi connectivity index (χ1v) is 4.51. The van der Waals surface area contributed by atoms with Crippen LogP contribution in [-0.4, -0.2) is 11.9 Å². The van der Waals surface area contributed by atoms with Crippen molar-refractivity contribution in [2.75, 3.05) is 0 Å². The highest BCUT2D eigenvalue weighted by Crippen LogP contribution is 2.25. The molecular formula is C8H18ClN3O. The molecule has 0 heterocycles. The van der Waals surface area contributed by atoms with Gasteiger partial charge in [0.25, 0.3) is 5.91 Å². The highest BCUT2D eigenvalue weighted by atomic mass is 35.5. The minimum atomic E-state index is -0.407. The maximum Gasteiger partial charge on any atom is 0.251 e. The Balaban J connectivity index is 0.00000144. The smallest absolute Gasteiger partial charge is 0.251 e. The van der Waals surface area contributed by atoms with Crippen molar-refractivity contribution in [3.8, 4) is 0 Å². The highest BCUT2D eigenvalue weighted by Gasteiger charge is 2.25. The molecule has 1 rings (SSSR count). The molecule has 1 amide bonds. The van der Waals surface area contributed by atoms with E-state index >= 15 is 0 Å². The number of carbonyl (C=O) groups is 1. The first-order chi connectivity index (χ1) is 5.75. The third-order valence-corrected chi connectivity index (χ3v) is 2.60. The van der Waals surface area contributed by atoms with Crippen LogP contribution in [0.25, 0.3) is 0 Å². The van der Waals surface area contributed by atoms with Crippen LogP contribution in [0.1, 0.15) is 32.1 Å². The molecule has 5 N–H and O–H groups in total. The van der Waals surface area contributed by atoms with E-state index in [0.717, 1.165) is 12.8 Å².